The maximum atomic E-state index is 4.31. The first-order chi connectivity index (χ1) is 5.74. The molecule has 1 aliphatic rings. The summed E-state index contributed by atoms with van der Waals surface area (Å²) in [6.07, 6.45) is 0. The Balaban J connectivity index is 2.28. The predicted molar refractivity (Wildman–Crippen MR) is 61.4 cm³/mol. The molecule has 3 heteroatoms. The maximum absolute atomic E-state index is 4.31. The summed E-state index contributed by atoms with van der Waals surface area (Å²) in [5.41, 5.74) is 0. The molecule has 1 aliphatic heterocycles. The van der Waals surface area contributed by atoms with E-state index in [4.69, 9.17) is 0 Å². The fourth-order valence-electron chi connectivity index (χ4n) is 1.49. The molecule has 1 nitrogen and oxygen atoms in total. The molecule has 1 fully saturated rings. The van der Waals surface area contributed by atoms with Crippen LogP contribution >= 0.6 is 24.4 Å². The SMILES string of the molecule is CC(CS)CN1CCSCC1C. The number of thioether (sulfide) groups is 1. The van der Waals surface area contributed by atoms with Crippen LogP contribution in [0, 0.1) is 5.92 Å². The third-order valence-electron chi connectivity index (χ3n) is 2.36. The van der Waals surface area contributed by atoms with Crippen LogP contribution in [0.15, 0.2) is 0 Å². The van der Waals surface area contributed by atoms with Crippen molar-refractivity contribution < 1.29 is 0 Å². The van der Waals surface area contributed by atoms with Crippen molar-refractivity contribution in [3.63, 3.8) is 0 Å². The van der Waals surface area contributed by atoms with E-state index in [0.29, 0.717) is 0 Å². The Bertz CT molecular complexity index is 130. The lowest BCUT2D eigenvalue weighted by Crippen LogP contribution is -2.42. The Labute approximate surface area is 85.7 Å². The lowest BCUT2D eigenvalue weighted by atomic mass is 10.2. The summed E-state index contributed by atoms with van der Waals surface area (Å²) in [6, 6.07) is 0.770. The molecule has 1 saturated heterocycles. The Morgan fingerprint density at radius 2 is 2.42 bits per heavy atom. The standard InChI is InChI=1S/C9H19NS2/c1-8(6-11)5-10-3-4-12-7-9(10)2/h8-9,11H,3-7H2,1-2H3. The van der Waals surface area contributed by atoms with Crippen LogP contribution in [0.25, 0.3) is 0 Å². The highest BCUT2D eigenvalue weighted by atomic mass is 32.2. The van der Waals surface area contributed by atoms with E-state index in [1.165, 1.54) is 24.6 Å². The van der Waals surface area contributed by atoms with Crippen LogP contribution in [0.4, 0.5) is 0 Å². The van der Waals surface area contributed by atoms with Crippen molar-refractivity contribution in [2.45, 2.75) is 19.9 Å². The van der Waals surface area contributed by atoms with E-state index in [-0.39, 0.29) is 0 Å². The largest absolute Gasteiger partial charge is 0.299 e. The maximum Gasteiger partial charge on any atom is 0.0158 e. The minimum absolute atomic E-state index is 0.735. The minimum Gasteiger partial charge on any atom is -0.299 e. The van der Waals surface area contributed by atoms with Gasteiger partial charge in [-0.3, -0.25) is 4.90 Å². The first kappa shape index (κ1) is 10.7. The van der Waals surface area contributed by atoms with Gasteiger partial charge in [-0.05, 0) is 18.6 Å². The minimum atomic E-state index is 0.735. The summed E-state index contributed by atoms with van der Waals surface area (Å²) in [4.78, 5) is 2.59. The van der Waals surface area contributed by atoms with E-state index in [1.54, 1.807) is 0 Å². The molecule has 0 spiro atoms. The van der Waals surface area contributed by atoms with Crippen LogP contribution in [-0.2, 0) is 0 Å². The fraction of sp³-hybridized carbons (Fsp3) is 1.00. The quantitative estimate of drug-likeness (QED) is 0.702. The second-order valence-corrected chi connectivity index (χ2v) is 5.22. The molecular weight excluding hydrogens is 186 g/mol. The predicted octanol–water partition coefficient (Wildman–Crippen LogP) is 1.99. The van der Waals surface area contributed by atoms with Crippen molar-refractivity contribution in [2.24, 2.45) is 5.92 Å². The molecular formula is C9H19NS2. The van der Waals surface area contributed by atoms with Crippen LogP contribution in [0.3, 0.4) is 0 Å². The number of rotatable bonds is 3. The second-order valence-electron chi connectivity index (χ2n) is 3.71. The summed E-state index contributed by atoms with van der Waals surface area (Å²) < 4.78 is 0. The van der Waals surface area contributed by atoms with Crippen LogP contribution < -0.4 is 0 Å². The van der Waals surface area contributed by atoms with Crippen molar-refractivity contribution in [3.8, 4) is 0 Å². The lowest BCUT2D eigenvalue weighted by Gasteiger charge is -2.34. The molecule has 12 heavy (non-hydrogen) atoms. The summed E-state index contributed by atoms with van der Waals surface area (Å²) in [5, 5.41) is 0. The molecule has 0 aromatic carbocycles. The Morgan fingerprint density at radius 1 is 1.67 bits per heavy atom. The van der Waals surface area contributed by atoms with Crippen LogP contribution in [-0.4, -0.2) is 41.3 Å². The van der Waals surface area contributed by atoms with Gasteiger partial charge in [0, 0.05) is 30.6 Å². The molecule has 0 aromatic heterocycles. The van der Waals surface area contributed by atoms with Crippen molar-refractivity contribution in [3.05, 3.63) is 0 Å². The molecule has 0 aliphatic carbocycles. The van der Waals surface area contributed by atoms with E-state index >= 15 is 0 Å². The molecule has 1 rings (SSSR count). The molecule has 72 valence electrons. The van der Waals surface area contributed by atoms with E-state index in [0.717, 1.165) is 17.7 Å². The van der Waals surface area contributed by atoms with Crippen LogP contribution in [0.2, 0.25) is 0 Å². The van der Waals surface area contributed by atoms with Crippen molar-refractivity contribution in [2.75, 3.05) is 30.3 Å². The molecule has 0 radical (unpaired) electrons. The first-order valence-electron chi connectivity index (χ1n) is 4.66. The van der Waals surface area contributed by atoms with Gasteiger partial charge in [0.1, 0.15) is 0 Å². The monoisotopic (exact) mass is 205 g/mol. The van der Waals surface area contributed by atoms with Gasteiger partial charge in [-0.15, -0.1) is 0 Å². The number of thiol groups is 1. The second kappa shape index (κ2) is 5.40. The molecule has 0 saturated carbocycles. The van der Waals surface area contributed by atoms with Crippen molar-refractivity contribution >= 4 is 24.4 Å². The third kappa shape index (κ3) is 3.19. The number of hydrogen-bond acceptors (Lipinski definition) is 3. The summed E-state index contributed by atoms with van der Waals surface area (Å²) in [6.45, 7) is 7.11. The van der Waals surface area contributed by atoms with Crippen molar-refractivity contribution in [1.82, 2.24) is 4.90 Å². The van der Waals surface area contributed by atoms with Gasteiger partial charge in [-0.25, -0.2) is 0 Å². The molecule has 0 aromatic rings. The summed E-state index contributed by atoms with van der Waals surface area (Å²) >= 11 is 6.39. The average molecular weight is 205 g/mol. The third-order valence-corrected chi connectivity index (χ3v) is 4.18. The molecule has 0 amide bonds. The molecule has 0 bridgehead atoms. The van der Waals surface area contributed by atoms with E-state index < -0.39 is 0 Å². The molecule has 2 unspecified atom stereocenters. The fourth-order valence-corrected chi connectivity index (χ4v) is 2.69. The first-order valence-corrected chi connectivity index (χ1v) is 6.45. The Hall–Kier alpha value is 0.660. The molecule has 1 heterocycles. The average Bonchev–Trinajstić information content (AvgIpc) is 2.09. The topological polar surface area (TPSA) is 3.24 Å². The highest BCUT2D eigenvalue weighted by Crippen LogP contribution is 2.17. The van der Waals surface area contributed by atoms with E-state index in [2.05, 4.69) is 43.1 Å². The summed E-state index contributed by atoms with van der Waals surface area (Å²) in [5.74, 6) is 4.36. The summed E-state index contributed by atoms with van der Waals surface area (Å²) in [7, 11) is 0. The normalized spacial score (nSPS) is 28.8. The smallest absolute Gasteiger partial charge is 0.0158 e. The van der Waals surface area contributed by atoms with Crippen molar-refractivity contribution in [1.29, 1.82) is 0 Å². The highest BCUT2D eigenvalue weighted by Gasteiger charge is 2.19. The van der Waals surface area contributed by atoms with Gasteiger partial charge in [0.2, 0.25) is 0 Å². The van der Waals surface area contributed by atoms with E-state index in [1.807, 2.05) is 0 Å². The van der Waals surface area contributed by atoms with Gasteiger partial charge in [0.15, 0.2) is 0 Å². The van der Waals surface area contributed by atoms with Gasteiger partial charge in [0.05, 0.1) is 0 Å². The van der Waals surface area contributed by atoms with E-state index in [9.17, 15) is 0 Å². The Kier molecular flexibility index (Phi) is 4.84. The zero-order valence-corrected chi connectivity index (χ0v) is 9.70. The van der Waals surface area contributed by atoms with Gasteiger partial charge in [-0.1, -0.05) is 6.92 Å². The zero-order chi connectivity index (χ0) is 8.97. The molecule has 2 atom stereocenters. The number of nitrogens with zero attached hydrogens (tertiary/aromatic N) is 1. The lowest BCUT2D eigenvalue weighted by molar-refractivity contribution is 0.209. The highest BCUT2D eigenvalue weighted by molar-refractivity contribution is 7.99. The van der Waals surface area contributed by atoms with Crippen LogP contribution in [0.1, 0.15) is 13.8 Å². The van der Waals surface area contributed by atoms with Gasteiger partial charge >= 0.3 is 0 Å². The van der Waals surface area contributed by atoms with Gasteiger partial charge in [0.25, 0.3) is 0 Å². The molecule has 0 N–H and O–H groups in total. The van der Waals surface area contributed by atoms with Crippen LogP contribution in [0.5, 0.6) is 0 Å². The number of hydrogen-bond donors (Lipinski definition) is 1. The van der Waals surface area contributed by atoms with Gasteiger partial charge < -0.3 is 0 Å². The Morgan fingerprint density at radius 3 is 3.00 bits per heavy atom. The zero-order valence-electron chi connectivity index (χ0n) is 7.99. The van der Waals surface area contributed by atoms with Gasteiger partial charge in [-0.2, -0.15) is 24.4 Å².